The number of nitrogens with one attached hydrogen (secondary N) is 1. The van der Waals surface area contributed by atoms with Crippen LogP contribution in [0.5, 0.6) is 0 Å². The molecule has 5 N–H and O–H groups in total. The Hall–Kier alpha value is -3.24. The molecule has 46 heavy (non-hydrogen) atoms. The van der Waals surface area contributed by atoms with Gasteiger partial charge in [-0.2, -0.15) is 0 Å². The van der Waals surface area contributed by atoms with Crippen LogP contribution in [0.3, 0.4) is 0 Å². The van der Waals surface area contributed by atoms with Crippen molar-refractivity contribution in [2.75, 3.05) is 46.3 Å². The molecule has 2 amide bonds. The average molecular weight is 641 g/mol. The molecule has 0 spiro atoms. The predicted molar refractivity (Wildman–Crippen MR) is 184 cm³/mol. The minimum Gasteiger partial charge on any atom is -0.401 e. The number of piperazine rings is 1. The van der Waals surface area contributed by atoms with Crippen molar-refractivity contribution in [1.82, 2.24) is 20.1 Å². The number of amides is 2. The normalized spacial score (nSPS) is 14.6. The second-order valence-electron chi connectivity index (χ2n) is 12.8. The second kappa shape index (κ2) is 23.1. The van der Waals surface area contributed by atoms with Crippen molar-refractivity contribution in [3.63, 3.8) is 0 Å². The van der Waals surface area contributed by atoms with Gasteiger partial charge in [0.15, 0.2) is 0 Å². The highest BCUT2D eigenvalue weighted by atomic mass is 16.2. The first-order valence-electron chi connectivity index (χ1n) is 17.5. The van der Waals surface area contributed by atoms with E-state index in [0.29, 0.717) is 63.7 Å². The number of nitrogens with zero attached hydrogens (tertiary/aromatic N) is 3. The lowest BCUT2D eigenvalue weighted by Gasteiger charge is -2.32. The van der Waals surface area contributed by atoms with Gasteiger partial charge in [-0.05, 0) is 70.9 Å². The third kappa shape index (κ3) is 17.5. The van der Waals surface area contributed by atoms with E-state index in [1.54, 1.807) is 18.1 Å². The molecule has 1 fully saturated rings. The van der Waals surface area contributed by atoms with E-state index < -0.39 is 5.92 Å². The smallest absolute Gasteiger partial charge is 0.222 e. The number of Topliss-reactive ketones (excluding diaryl/α,β-unsaturated/α-hetero) is 2. The molecule has 1 aromatic carbocycles. The van der Waals surface area contributed by atoms with Crippen LogP contribution in [0.4, 0.5) is 0 Å². The van der Waals surface area contributed by atoms with Gasteiger partial charge in [-0.25, -0.2) is 5.84 Å². The number of aryl methyl sites for hydroxylation is 1. The topological polar surface area (TPSA) is 142 Å². The van der Waals surface area contributed by atoms with Crippen LogP contribution in [-0.4, -0.2) is 84.5 Å². The zero-order valence-electron chi connectivity index (χ0n) is 28.5. The van der Waals surface area contributed by atoms with E-state index in [2.05, 4.69) is 29.4 Å². The van der Waals surface area contributed by atoms with E-state index in [9.17, 15) is 19.2 Å². The number of likely N-dealkylation sites (N-methyl/N-ethyl adjacent to an activating group) is 1. The molecular weight excluding hydrogens is 580 g/mol. The SMILES string of the molecule is CC(C(=O)CCCCCc1ccccc1)C(=O)CCC/C(N)=C/N(N)CCCCCCNC(=O)CCCC(=O)N1CCN(C)CC1. The van der Waals surface area contributed by atoms with Gasteiger partial charge in [0.05, 0.1) is 5.92 Å². The molecule has 10 nitrogen and oxygen atoms in total. The van der Waals surface area contributed by atoms with E-state index in [-0.39, 0.29) is 23.4 Å². The second-order valence-corrected chi connectivity index (χ2v) is 12.8. The van der Waals surface area contributed by atoms with Crippen molar-refractivity contribution < 1.29 is 19.2 Å². The summed E-state index contributed by atoms with van der Waals surface area (Å²) in [6.45, 7) is 6.40. The van der Waals surface area contributed by atoms with Gasteiger partial charge in [-0.15, -0.1) is 0 Å². The molecule has 1 heterocycles. The van der Waals surface area contributed by atoms with Crippen LogP contribution in [0.25, 0.3) is 0 Å². The van der Waals surface area contributed by atoms with E-state index in [4.69, 9.17) is 11.6 Å². The van der Waals surface area contributed by atoms with Crippen LogP contribution < -0.4 is 16.9 Å². The summed E-state index contributed by atoms with van der Waals surface area (Å²) in [4.78, 5) is 53.5. The molecule has 2 rings (SSSR count). The Balaban J connectivity index is 1.43. The lowest BCUT2D eigenvalue weighted by Crippen LogP contribution is -2.47. The number of nitrogens with two attached hydrogens (primary N) is 2. The largest absolute Gasteiger partial charge is 0.401 e. The Morgan fingerprint density at radius 2 is 1.43 bits per heavy atom. The molecule has 1 aromatic rings. The fourth-order valence-corrected chi connectivity index (χ4v) is 5.57. The Kier molecular flexibility index (Phi) is 19.6. The number of benzene rings is 1. The first kappa shape index (κ1) is 38.9. The van der Waals surface area contributed by atoms with Crippen molar-refractivity contribution in [3.8, 4) is 0 Å². The standard InChI is InChI=1S/C36H60N6O4/c1-30(33(43)19-10-6-9-17-31-15-7-5-8-16-31)34(44)20-13-18-32(37)29-42(38)24-12-4-3-11-23-39-35(45)21-14-22-36(46)41-27-25-40(2)26-28-41/h5,7-8,15-16,29-30H,3-4,6,9-14,17-28,37-38H2,1-2H3,(H,39,45)/b32-29-. The number of rotatable bonds is 24. The van der Waals surface area contributed by atoms with Gasteiger partial charge in [-0.1, -0.05) is 49.6 Å². The number of allylic oxidation sites excluding steroid dienone is 1. The molecule has 0 bridgehead atoms. The van der Waals surface area contributed by atoms with Gasteiger partial charge in [-0.3, -0.25) is 19.2 Å². The molecule has 1 aliphatic rings. The molecule has 10 heteroatoms. The lowest BCUT2D eigenvalue weighted by molar-refractivity contribution is -0.133. The van der Waals surface area contributed by atoms with Gasteiger partial charge in [0.2, 0.25) is 11.8 Å². The number of hydrazine groups is 1. The molecule has 0 aliphatic carbocycles. The minimum absolute atomic E-state index is 0.00725. The van der Waals surface area contributed by atoms with Crippen molar-refractivity contribution in [2.45, 2.75) is 103 Å². The predicted octanol–water partition coefficient (Wildman–Crippen LogP) is 4.33. The van der Waals surface area contributed by atoms with Crippen molar-refractivity contribution in [1.29, 1.82) is 0 Å². The van der Waals surface area contributed by atoms with Gasteiger partial charge in [0.1, 0.15) is 11.6 Å². The summed E-state index contributed by atoms with van der Waals surface area (Å²) in [6.07, 6.45) is 12.8. The molecule has 1 aliphatic heterocycles. The summed E-state index contributed by atoms with van der Waals surface area (Å²) in [7, 11) is 2.06. The van der Waals surface area contributed by atoms with Gasteiger partial charge < -0.3 is 25.9 Å². The fourth-order valence-electron chi connectivity index (χ4n) is 5.57. The first-order valence-corrected chi connectivity index (χ1v) is 17.5. The monoisotopic (exact) mass is 640 g/mol. The van der Waals surface area contributed by atoms with Crippen LogP contribution in [0.15, 0.2) is 42.2 Å². The van der Waals surface area contributed by atoms with Crippen LogP contribution in [-0.2, 0) is 25.6 Å². The Bertz CT molecular complexity index is 1070. The maximum Gasteiger partial charge on any atom is 0.222 e. The van der Waals surface area contributed by atoms with Crippen LogP contribution in [0.1, 0.15) is 102 Å². The van der Waals surface area contributed by atoms with Gasteiger partial charge in [0, 0.05) is 76.8 Å². The highest BCUT2D eigenvalue weighted by Gasteiger charge is 2.20. The number of ketones is 2. The summed E-state index contributed by atoms with van der Waals surface area (Å²) in [5.74, 6) is 5.70. The summed E-state index contributed by atoms with van der Waals surface area (Å²) in [6, 6.07) is 10.3. The van der Waals surface area contributed by atoms with Crippen molar-refractivity contribution in [3.05, 3.63) is 47.8 Å². The molecule has 258 valence electrons. The molecule has 1 atom stereocenters. The zero-order chi connectivity index (χ0) is 33.6. The summed E-state index contributed by atoms with van der Waals surface area (Å²) in [5.41, 5.74) is 8.07. The first-order chi connectivity index (χ1) is 22.2. The molecular formula is C36H60N6O4. The van der Waals surface area contributed by atoms with E-state index in [1.165, 1.54) is 5.56 Å². The van der Waals surface area contributed by atoms with Gasteiger partial charge >= 0.3 is 0 Å². The average Bonchev–Trinajstić information content (AvgIpc) is 3.04. The Morgan fingerprint density at radius 3 is 2.15 bits per heavy atom. The van der Waals surface area contributed by atoms with E-state index >= 15 is 0 Å². The summed E-state index contributed by atoms with van der Waals surface area (Å²) in [5, 5.41) is 4.54. The molecule has 0 aromatic heterocycles. The Morgan fingerprint density at radius 1 is 0.804 bits per heavy atom. The third-order valence-corrected chi connectivity index (χ3v) is 8.73. The minimum atomic E-state index is -0.554. The zero-order valence-corrected chi connectivity index (χ0v) is 28.5. The maximum absolute atomic E-state index is 12.5. The van der Waals surface area contributed by atoms with Crippen LogP contribution >= 0.6 is 0 Å². The van der Waals surface area contributed by atoms with Gasteiger partial charge in [0.25, 0.3) is 0 Å². The highest BCUT2D eigenvalue weighted by molar-refractivity contribution is 6.01. The number of unbranched alkanes of at least 4 members (excludes halogenated alkanes) is 5. The number of hydrogen-bond donors (Lipinski definition) is 3. The fraction of sp³-hybridized carbons (Fsp3) is 0.667. The Labute approximate surface area is 277 Å². The van der Waals surface area contributed by atoms with E-state index in [0.717, 1.165) is 77.5 Å². The van der Waals surface area contributed by atoms with Crippen molar-refractivity contribution in [2.24, 2.45) is 17.5 Å². The maximum atomic E-state index is 12.5. The number of carbonyl (C=O) groups is 4. The van der Waals surface area contributed by atoms with Crippen molar-refractivity contribution >= 4 is 23.4 Å². The van der Waals surface area contributed by atoms with Crippen LogP contribution in [0.2, 0.25) is 0 Å². The van der Waals surface area contributed by atoms with Crippen LogP contribution in [0, 0.1) is 5.92 Å². The molecule has 0 radical (unpaired) electrons. The molecule has 1 unspecified atom stereocenters. The lowest BCUT2D eigenvalue weighted by atomic mass is 9.93. The quantitative estimate of drug-likeness (QED) is 0.0656. The third-order valence-electron chi connectivity index (χ3n) is 8.73. The van der Waals surface area contributed by atoms with E-state index in [1.807, 2.05) is 23.1 Å². The number of carbonyl (C=O) groups excluding carboxylic acids is 4. The molecule has 0 saturated carbocycles. The highest BCUT2D eigenvalue weighted by Crippen LogP contribution is 2.14. The summed E-state index contributed by atoms with van der Waals surface area (Å²) < 4.78 is 0. The molecule has 1 saturated heterocycles. The number of hydrogen-bond acceptors (Lipinski definition) is 8. The summed E-state index contributed by atoms with van der Waals surface area (Å²) >= 11 is 0.